The van der Waals surface area contributed by atoms with Crippen molar-refractivity contribution in [2.45, 2.75) is 13.8 Å². The first kappa shape index (κ1) is 22.8. The Morgan fingerprint density at radius 3 is 1.76 bits per heavy atom. The van der Waals surface area contributed by atoms with Gasteiger partial charge < -0.3 is 9.13 Å². The van der Waals surface area contributed by atoms with Gasteiger partial charge in [-0.05, 0) is 48.4 Å². The Hall–Kier alpha value is -5.68. The minimum atomic E-state index is 0.0689. The van der Waals surface area contributed by atoms with E-state index >= 15 is 0 Å². The maximum Gasteiger partial charge on any atom is 0.252 e. The number of benzene rings is 6. The molecule has 0 amide bonds. The molecule has 6 aromatic carbocycles. The van der Waals surface area contributed by atoms with Crippen molar-refractivity contribution in [2.24, 2.45) is 0 Å². The molecule has 0 N–H and O–H groups in total. The molecule has 10 aromatic rings. The van der Waals surface area contributed by atoms with Crippen LogP contribution in [0.4, 0.5) is 0 Å². The van der Waals surface area contributed by atoms with Gasteiger partial charge >= 0.3 is 0 Å². The second kappa shape index (κ2) is 7.33. The molecular formula is C40H23BN4. The molecule has 0 fully saturated rings. The Balaban J connectivity index is 1.49. The largest absolute Gasteiger partial charge is 0.309 e. The van der Waals surface area contributed by atoms with Crippen LogP contribution < -0.4 is 16.4 Å². The summed E-state index contributed by atoms with van der Waals surface area (Å²) in [6, 6.07) is 38.1. The van der Waals surface area contributed by atoms with Gasteiger partial charge in [-0.15, -0.1) is 0 Å². The van der Waals surface area contributed by atoms with E-state index in [-0.39, 0.29) is 6.71 Å². The molecule has 206 valence electrons. The second-order valence-electron chi connectivity index (χ2n) is 12.9. The first-order valence-corrected chi connectivity index (χ1v) is 15.7. The molecule has 6 heterocycles. The van der Waals surface area contributed by atoms with Crippen LogP contribution in [-0.2, 0) is 0 Å². The third-order valence-electron chi connectivity index (χ3n) is 10.9. The smallest absolute Gasteiger partial charge is 0.252 e. The molecule has 0 atom stereocenters. The van der Waals surface area contributed by atoms with Gasteiger partial charge in [-0.3, -0.25) is 9.97 Å². The molecule has 0 spiro atoms. The summed E-state index contributed by atoms with van der Waals surface area (Å²) >= 11 is 0. The van der Waals surface area contributed by atoms with Crippen LogP contribution in [0.2, 0.25) is 0 Å². The van der Waals surface area contributed by atoms with Gasteiger partial charge in [0, 0.05) is 65.5 Å². The van der Waals surface area contributed by atoms with E-state index in [0.717, 1.165) is 22.4 Å². The SMILES string of the molecule is Cc1nc2c3c4c(c5c(C)nc6cccc1c6c25)-n1c2ccccc2c2cccc(c21)B4c1cccc2c4ccccc4n-3c12. The van der Waals surface area contributed by atoms with Gasteiger partial charge in [0.1, 0.15) is 0 Å². The maximum absolute atomic E-state index is 5.54. The van der Waals surface area contributed by atoms with Crippen LogP contribution in [0, 0.1) is 13.8 Å². The Kier molecular flexibility index (Phi) is 3.72. The van der Waals surface area contributed by atoms with Crippen LogP contribution in [0.15, 0.2) is 103 Å². The van der Waals surface area contributed by atoms with Crippen LogP contribution in [0.25, 0.3) is 87.6 Å². The lowest BCUT2D eigenvalue weighted by Gasteiger charge is -2.35. The molecule has 0 saturated heterocycles. The van der Waals surface area contributed by atoms with E-state index in [0.29, 0.717) is 0 Å². The number of hydrogen-bond acceptors (Lipinski definition) is 2. The molecule has 12 rings (SSSR count). The first-order chi connectivity index (χ1) is 22.2. The zero-order chi connectivity index (χ0) is 29.3. The van der Waals surface area contributed by atoms with Crippen molar-refractivity contribution >= 4 is 99.3 Å². The molecule has 5 heteroatoms. The van der Waals surface area contributed by atoms with Gasteiger partial charge in [0.05, 0.1) is 33.4 Å². The second-order valence-corrected chi connectivity index (χ2v) is 12.9. The summed E-state index contributed by atoms with van der Waals surface area (Å²) in [6.07, 6.45) is 0. The van der Waals surface area contributed by atoms with E-state index in [4.69, 9.17) is 9.97 Å². The topological polar surface area (TPSA) is 35.6 Å². The average molecular weight is 570 g/mol. The number of rotatable bonds is 0. The van der Waals surface area contributed by atoms with Crippen molar-refractivity contribution in [1.82, 2.24) is 19.1 Å². The molecule has 0 aliphatic carbocycles. The quantitative estimate of drug-likeness (QED) is 0.141. The summed E-state index contributed by atoms with van der Waals surface area (Å²) in [5.74, 6) is 0. The molecule has 4 aromatic heterocycles. The van der Waals surface area contributed by atoms with Crippen molar-refractivity contribution in [3.05, 3.63) is 115 Å². The van der Waals surface area contributed by atoms with E-state index in [2.05, 4.69) is 126 Å². The summed E-state index contributed by atoms with van der Waals surface area (Å²) in [6.45, 7) is 4.42. The normalized spacial score (nSPS) is 13.5. The van der Waals surface area contributed by atoms with Crippen molar-refractivity contribution in [3.8, 4) is 11.4 Å². The molecule has 2 aliphatic rings. The molecular weight excluding hydrogens is 547 g/mol. The number of para-hydroxylation sites is 4. The van der Waals surface area contributed by atoms with E-state index in [1.165, 1.54) is 92.9 Å². The van der Waals surface area contributed by atoms with Gasteiger partial charge in [-0.25, -0.2) is 0 Å². The van der Waals surface area contributed by atoms with Gasteiger partial charge in [-0.2, -0.15) is 0 Å². The first-order valence-electron chi connectivity index (χ1n) is 15.7. The molecule has 0 radical (unpaired) electrons. The van der Waals surface area contributed by atoms with Gasteiger partial charge in [-0.1, -0.05) is 84.9 Å². The fraction of sp³-hybridized carbons (Fsp3) is 0.0500. The predicted octanol–water partition coefficient (Wildman–Crippen LogP) is 7.33. The standard InChI is InChI=1S/C40H23BN4/c1-20-22-12-9-17-29-33(22)34-32(21(2)42-29)39-35-40(36(34)43-20)45-31-19-6-4-11-24(31)26-14-8-16-28(38(26)45)41(35)27-15-7-13-25-23-10-3-5-18-30(23)44(39)37(25)27/h3-19H,1-2H3. The Bertz CT molecular complexity index is 3020. The monoisotopic (exact) mass is 570 g/mol. The minimum Gasteiger partial charge on any atom is -0.309 e. The zero-order valence-electron chi connectivity index (χ0n) is 24.7. The average Bonchev–Trinajstić information content (AvgIpc) is 3.59. The van der Waals surface area contributed by atoms with Crippen LogP contribution in [-0.4, -0.2) is 25.8 Å². The third kappa shape index (κ3) is 2.36. The van der Waals surface area contributed by atoms with Gasteiger partial charge in [0.2, 0.25) is 0 Å². The minimum absolute atomic E-state index is 0.0689. The molecule has 0 bridgehead atoms. The lowest BCUT2D eigenvalue weighted by molar-refractivity contribution is 1.14. The predicted molar refractivity (Wildman–Crippen MR) is 189 cm³/mol. The summed E-state index contributed by atoms with van der Waals surface area (Å²) in [5.41, 5.74) is 15.8. The lowest BCUT2D eigenvalue weighted by Crippen LogP contribution is -2.59. The summed E-state index contributed by atoms with van der Waals surface area (Å²) in [7, 11) is 0. The van der Waals surface area contributed by atoms with E-state index in [9.17, 15) is 0 Å². The Labute approximate surface area is 257 Å². The van der Waals surface area contributed by atoms with Crippen molar-refractivity contribution in [3.63, 3.8) is 0 Å². The Morgan fingerprint density at radius 2 is 1.07 bits per heavy atom. The fourth-order valence-electron chi connectivity index (χ4n) is 9.33. The third-order valence-corrected chi connectivity index (χ3v) is 10.9. The van der Waals surface area contributed by atoms with E-state index in [1.54, 1.807) is 0 Å². The number of hydrogen-bond donors (Lipinski definition) is 0. The highest BCUT2D eigenvalue weighted by Crippen LogP contribution is 2.46. The van der Waals surface area contributed by atoms with Gasteiger partial charge in [0.15, 0.2) is 0 Å². The summed E-state index contributed by atoms with van der Waals surface area (Å²) < 4.78 is 5.12. The highest BCUT2D eigenvalue weighted by molar-refractivity contribution is 7.00. The van der Waals surface area contributed by atoms with E-state index in [1.807, 2.05) is 0 Å². The van der Waals surface area contributed by atoms with Gasteiger partial charge in [0.25, 0.3) is 6.71 Å². The highest BCUT2D eigenvalue weighted by Gasteiger charge is 2.43. The van der Waals surface area contributed by atoms with Crippen LogP contribution >= 0.6 is 0 Å². The molecule has 0 saturated carbocycles. The van der Waals surface area contributed by atoms with Crippen LogP contribution in [0.5, 0.6) is 0 Å². The lowest BCUT2D eigenvalue weighted by atomic mass is 9.34. The number of aromatic nitrogens is 4. The van der Waals surface area contributed by atoms with E-state index < -0.39 is 0 Å². The molecule has 0 unspecified atom stereocenters. The van der Waals surface area contributed by atoms with Crippen LogP contribution in [0.3, 0.4) is 0 Å². The molecule has 4 nitrogen and oxygen atoms in total. The van der Waals surface area contributed by atoms with Crippen molar-refractivity contribution < 1.29 is 0 Å². The van der Waals surface area contributed by atoms with Crippen molar-refractivity contribution in [2.75, 3.05) is 0 Å². The summed E-state index contributed by atoms with van der Waals surface area (Å²) in [5, 5.41) is 10.0. The summed E-state index contributed by atoms with van der Waals surface area (Å²) in [4.78, 5) is 10.9. The number of aryl methyl sites for hydroxylation is 2. The molecule has 2 aliphatic heterocycles. The van der Waals surface area contributed by atoms with Crippen LogP contribution in [0.1, 0.15) is 11.4 Å². The number of nitrogens with zero attached hydrogens (tertiary/aromatic N) is 4. The number of pyridine rings is 2. The molecule has 45 heavy (non-hydrogen) atoms. The maximum atomic E-state index is 5.54. The Morgan fingerprint density at radius 1 is 0.489 bits per heavy atom. The number of fused-ring (bicyclic) bond motifs is 12. The zero-order valence-corrected chi connectivity index (χ0v) is 24.7. The van der Waals surface area contributed by atoms with Crippen molar-refractivity contribution in [1.29, 1.82) is 0 Å². The fourth-order valence-corrected chi connectivity index (χ4v) is 9.33. The highest BCUT2D eigenvalue weighted by atomic mass is 15.1.